The molecule has 1 aliphatic heterocycles. The molecule has 0 amide bonds. The largest absolute Gasteiger partial charge is 0.368 e. The normalized spacial score (nSPS) is 15.8. The molecule has 1 aliphatic carbocycles. The van der Waals surface area contributed by atoms with Crippen molar-refractivity contribution in [3.8, 4) is 17.3 Å². The number of fused-ring (bicyclic) bond motifs is 1. The fourth-order valence-corrected chi connectivity index (χ4v) is 6.53. The third-order valence-electron chi connectivity index (χ3n) is 7.06. The maximum absolute atomic E-state index is 13.5. The predicted molar refractivity (Wildman–Crippen MR) is 151 cm³/mol. The van der Waals surface area contributed by atoms with E-state index in [1.54, 1.807) is 16.7 Å². The first-order valence-corrected chi connectivity index (χ1v) is 15.1. The predicted octanol–water partition coefficient (Wildman–Crippen LogP) is 3.98. The van der Waals surface area contributed by atoms with Gasteiger partial charge in [-0.1, -0.05) is 11.3 Å². The summed E-state index contributed by atoms with van der Waals surface area (Å²) in [6.07, 6.45) is 4.90. The van der Waals surface area contributed by atoms with Gasteiger partial charge in [0, 0.05) is 54.4 Å². The van der Waals surface area contributed by atoms with E-state index in [1.807, 2.05) is 36.3 Å². The number of nitrogens with zero attached hydrogens (tertiary/aromatic N) is 5. The van der Waals surface area contributed by atoms with E-state index >= 15 is 0 Å². The Bertz CT molecular complexity index is 1800. The van der Waals surface area contributed by atoms with Gasteiger partial charge in [-0.2, -0.15) is 5.26 Å². The highest BCUT2D eigenvalue weighted by molar-refractivity contribution is 7.88. The first kappa shape index (κ1) is 25.5. The van der Waals surface area contributed by atoms with E-state index in [0.29, 0.717) is 39.7 Å². The van der Waals surface area contributed by atoms with Gasteiger partial charge in [-0.05, 0) is 55.3 Å². The Hall–Kier alpha value is -3.79. The van der Waals surface area contributed by atoms with Crippen LogP contribution in [0.4, 0.5) is 20.9 Å². The van der Waals surface area contributed by atoms with Crippen LogP contribution in [-0.4, -0.2) is 50.4 Å². The van der Waals surface area contributed by atoms with Crippen LogP contribution in [0.25, 0.3) is 22.0 Å². The van der Waals surface area contributed by atoms with Gasteiger partial charge in [0.05, 0.1) is 18.0 Å². The van der Waals surface area contributed by atoms with Gasteiger partial charge in [0.15, 0.2) is 5.13 Å². The van der Waals surface area contributed by atoms with E-state index in [2.05, 4.69) is 15.7 Å². The summed E-state index contributed by atoms with van der Waals surface area (Å²) in [5, 5.41) is 11.7. The van der Waals surface area contributed by atoms with E-state index in [-0.39, 0.29) is 23.5 Å². The standard InChI is InChI=1S/C27H25FN6O3S2/c1-32(27-30-25(24(12-29)38-27)16-3-5-17(28)6-4-16)23-15-34(19-7-8-19)26(35)21-10-9-20(11-22(21)23)33-13-18(14-33)31-39(2,36)37/h3-6,9-11,15,18-19,31H,7-8,13-14H2,1-2H3. The quantitative estimate of drug-likeness (QED) is 0.362. The average molecular weight is 565 g/mol. The molecule has 200 valence electrons. The van der Waals surface area contributed by atoms with Gasteiger partial charge in [0.1, 0.15) is 22.5 Å². The molecular formula is C27H25FN6O3S2. The van der Waals surface area contributed by atoms with Gasteiger partial charge in [0.25, 0.3) is 5.56 Å². The lowest BCUT2D eigenvalue weighted by atomic mass is 10.1. The minimum Gasteiger partial charge on any atom is -0.368 e. The molecule has 0 radical (unpaired) electrons. The molecule has 3 heterocycles. The van der Waals surface area contributed by atoms with E-state index in [0.717, 1.165) is 35.9 Å². The molecule has 4 aromatic rings. The molecule has 1 N–H and O–H groups in total. The lowest BCUT2D eigenvalue weighted by Gasteiger charge is -2.41. The van der Waals surface area contributed by atoms with Gasteiger partial charge in [-0.15, -0.1) is 0 Å². The number of hydrogen-bond donors (Lipinski definition) is 1. The number of sulfonamides is 1. The maximum atomic E-state index is 13.5. The van der Waals surface area contributed by atoms with Gasteiger partial charge in [0.2, 0.25) is 10.0 Å². The van der Waals surface area contributed by atoms with Crippen molar-refractivity contribution >= 4 is 48.6 Å². The lowest BCUT2D eigenvalue weighted by Crippen LogP contribution is -2.59. The zero-order chi connectivity index (χ0) is 27.5. The van der Waals surface area contributed by atoms with Crippen molar-refractivity contribution in [2.75, 3.05) is 36.2 Å². The summed E-state index contributed by atoms with van der Waals surface area (Å²) in [5.41, 5.74) is 2.73. The number of hydrogen-bond acceptors (Lipinski definition) is 8. The Morgan fingerprint density at radius 2 is 1.87 bits per heavy atom. The third kappa shape index (κ3) is 4.89. The van der Waals surface area contributed by atoms with Gasteiger partial charge in [-0.3, -0.25) is 4.79 Å². The van der Waals surface area contributed by atoms with Crippen LogP contribution in [0.1, 0.15) is 23.8 Å². The molecule has 0 atom stereocenters. The first-order chi connectivity index (χ1) is 18.6. The van der Waals surface area contributed by atoms with E-state index in [1.165, 1.54) is 23.5 Å². The Morgan fingerprint density at radius 1 is 1.15 bits per heavy atom. The van der Waals surface area contributed by atoms with Crippen LogP contribution < -0.4 is 20.1 Å². The minimum atomic E-state index is -3.29. The fraction of sp³-hybridized carbons (Fsp3) is 0.296. The number of anilines is 3. The molecule has 2 fully saturated rings. The second-order valence-corrected chi connectivity index (χ2v) is 12.8. The Kier molecular flexibility index (Phi) is 6.17. The molecule has 0 unspecified atom stereocenters. The second-order valence-electron chi connectivity index (χ2n) is 10.0. The molecule has 2 aromatic heterocycles. The number of thiazole rings is 1. The molecule has 1 saturated carbocycles. The number of benzene rings is 2. The van der Waals surface area contributed by atoms with E-state index in [9.17, 15) is 22.9 Å². The van der Waals surface area contributed by atoms with Crippen molar-refractivity contribution in [2.24, 2.45) is 0 Å². The average Bonchev–Trinajstić information content (AvgIpc) is 3.63. The lowest BCUT2D eigenvalue weighted by molar-refractivity contribution is 0.471. The van der Waals surface area contributed by atoms with Crippen LogP contribution >= 0.6 is 11.3 Å². The van der Waals surface area contributed by atoms with Crippen LogP contribution in [0, 0.1) is 17.1 Å². The minimum absolute atomic E-state index is 0.0553. The zero-order valence-electron chi connectivity index (χ0n) is 21.3. The van der Waals surface area contributed by atoms with Crippen molar-refractivity contribution < 1.29 is 12.8 Å². The van der Waals surface area contributed by atoms with Crippen molar-refractivity contribution in [1.29, 1.82) is 5.26 Å². The van der Waals surface area contributed by atoms with Crippen molar-refractivity contribution in [2.45, 2.75) is 24.9 Å². The Balaban J connectivity index is 1.41. The first-order valence-electron chi connectivity index (χ1n) is 12.4. The topological polar surface area (TPSA) is 111 Å². The van der Waals surface area contributed by atoms with Crippen LogP contribution in [0.3, 0.4) is 0 Å². The number of pyridine rings is 1. The number of nitriles is 1. The van der Waals surface area contributed by atoms with Gasteiger partial charge >= 0.3 is 0 Å². The third-order valence-corrected chi connectivity index (χ3v) is 8.85. The van der Waals surface area contributed by atoms with E-state index < -0.39 is 10.0 Å². The number of nitrogens with one attached hydrogen (secondary N) is 1. The monoisotopic (exact) mass is 564 g/mol. The summed E-state index contributed by atoms with van der Waals surface area (Å²) in [6.45, 7) is 1.06. The highest BCUT2D eigenvalue weighted by atomic mass is 32.2. The molecule has 9 nitrogen and oxygen atoms in total. The van der Waals surface area contributed by atoms with Gasteiger partial charge in [-0.25, -0.2) is 22.5 Å². The summed E-state index contributed by atoms with van der Waals surface area (Å²) in [5.74, 6) is -0.366. The molecule has 6 rings (SSSR count). The summed E-state index contributed by atoms with van der Waals surface area (Å²) in [7, 11) is -1.43. The molecule has 12 heteroatoms. The Morgan fingerprint density at radius 3 is 2.51 bits per heavy atom. The van der Waals surface area contributed by atoms with Crippen molar-refractivity contribution in [3.63, 3.8) is 0 Å². The second kappa shape index (κ2) is 9.44. The molecular weight excluding hydrogens is 539 g/mol. The summed E-state index contributed by atoms with van der Waals surface area (Å²) >= 11 is 1.23. The van der Waals surface area contributed by atoms with Crippen LogP contribution in [0.15, 0.2) is 53.5 Å². The molecule has 2 aromatic carbocycles. The summed E-state index contributed by atoms with van der Waals surface area (Å²) < 4.78 is 41.0. The van der Waals surface area contributed by atoms with Crippen molar-refractivity contribution in [3.05, 3.63) is 69.7 Å². The highest BCUT2D eigenvalue weighted by Crippen LogP contribution is 2.40. The molecule has 2 aliphatic rings. The van der Waals surface area contributed by atoms with Crippen LogP contribution in [0.5, 0.6) is 0 Å². The molecule has 0 spiro atoms. The fourth-order valence-electron chi connectivity index (χ4n) is 4.92. The number of aromatic nitrogens is 2. The Labute approximate surface area is 228 Å². The molecule has 0 bridgehead atoms. The molecule has 1 saturated heterocycles. The SMILES string of the molecule is CN(c1nc(-c2ccc(F)cc2)c(C#N)s1)c1cn(C2CC2)c(=O)c2ccc(N3CC(NS(C)(=O)=O)C3)cc12. The van der Waals surface area contributed by atoms with Crippen molar-refractivity contribution in [1.82, 2.24) is 14.3 Å². The molecule has 39 heavy (non-hydrogen) atoms. The smallest absolute Gasteiger partial charge is 0.258 e. The summed E-state index contributed by atoms with van der Waals surface area (Å²) in [4.78, 5) is 22.5. The van der Waals surface area contributed by atoms with Crippen LogP contribution in [0.2, 0.25) is 0 Å². The van der Waals surface area contributed by atoms with E-state index in [4.69, 9.17) is 4.98 Å². The summed E-state index contributed by atoms with van der Waals surface area (Å²) in [6, 6.07) is 13.8. The van der Waals surface area contributed by atoms with Gasteiger partial charge < -0.3 is 14.4 Å². The van der Waals surface area contributed by atoms with Crippen LogP contribution in [-0.2, 0) is 10.0 Å². The maximum Gasteiger partial charge on any atom is 0.258 e. The number of halogens is 1. The highest BCUT2D eigenvalue weighted by Gasteiger charge is 2.31. The number of rotatable bonds is 7. The zero-order valence-corrected chi connectivity index (χ0v) is 22.9.